The zero-order chi connectivity index (χ0) is 14.8. The van der Waals surface area contributed by atoms with Crippen LogP contribution < -0.4 is 5.32 Å². The van der Waals surface area contributed by atoms with Crippen LogP contribution in [0.5, 0.6) is 0 Å². The molecule has 0 unspecified atom stereocenters. The molecular formula is C14H26N2O4. The van der Waals surface area contributed by atoms with E-state index in [0.717, 1.165) is 19.3 Å². The summed E-state index contributed by atoms with van der Waals surface area (Å²) in [5, 5.41) is 3.00. The van der Waals surface area contributed by atoms with Crippen LogP contribution in [0.25, 0.3) is 0 Å². The Morgan fingerprint density at radius 3 is 2.55 bits per heavy atom. The molecule has 1 aliphatic rings. The summed E-state index contributed by atoms with van der Waals surface area (Å²) >= 11 is 0. The maximum Gasteiger partial charge on any atom is 0.320 e. The molecule has 0 spiro atoms. The molecule has 0 aromatic rings. The molecule has 0 bridgehead atoms. The molecule has 1 amide bonds. The van der Waals surface area contributed by atoms with Gasteiger partial charge < -0.3 is 14.8 Å². The van der Waals surface area contributed by atoms with E-state index < -0.39 is 0 Å². The SMILES string of the molecule is CCCN(CC(=O)NC1CCOCC1)CC(=O)OCC. The number of hydrogen-bond acceptors (Lipinski definition) is 5. The highest BCUT2D eigenvalue weighted by molar-refractivity contribution is 5.79. The Kier molecular flexibility index (Phi) is 8.22. The molecule has 0 radical (unpaired) electrons. The lowest BCUT2D eigenvalue weighted by molar-refractivity contribution is -0.144. The fraction of sp³-hybridized carbons (Fsp3) is 0.857. The Morgan fingerprint density at radius 2 is 1.95 bits per heavy atom. The number of ether oxygens (including phenoxy) is 2. The molecule has 0 aromatic carbocycles. The van der Waals surface area contributed by atoms with Gasteiger partial charge in [0.05, 0.1) is 19.7 Å². The third-order valence-corrected chi connectivity index (χ3v) is 3.15. The molecule has 0 saturated carbocycles. The first-order chi connectivity index (χ1) is 9.65. The summed E-state index contributed by atoms with van der Waals surface area (Å²) in [6.45, 7) is 6.69. The largest absolute Gasteiger partial charge is 0.465 e. The van der Waals surface area contributed by atoms with Crippen molar-refractivity contribution in [3.05, 3.63) is 0 Å². The van der Waals surface area contributed by atoms with E-state index in [0.29, 0.717) is 26.4 Å². The fourth-order valence-electron chi connectivity index (χ4n) is 2.24. The van der Waals surface area contributed by atoms with Gasteiger partial charge in [0.25, 0.3) is 0 Å². The Hall–Kier alpha value is -1.14. The van der Waals surface area contributed by atoms with E-state index in [1.165, 1.54) is 0 Å². The van der Waals surface area contributed by atoms with Crippen molar-refractivity contribution in [1.29, 1.82) is 0 Å². The third-order valence-electron chi connectivity index (χ3n) is 3.15. The van der Waals surface area contributed by atoms with Gasteiger partial charge in [-0.3, -0.25) is 14.5 Å². The van der Waals surface area contributed by atoms with E-state index in [9.17, 15) is 9.59 Å². The van der Waals surface area contributed by atoms with Crippen LogP contribution in [-0.2, 0) is 19.1 Å². The topological polar surface area (TPSA) is 67.9 Å². The molecule has 0 aliphatic carbocycles. The highest BCUT2D eigenvalue weighted by Gasteiger charge is 2.19. The smallest absolute Gasteiger partial charge is 0.320 e. The average molecular weight is 286 g/mol. The van der Waals surface area contributed by atoms with Crippen molar-refractivity contribution in [3.63, 3.8) is 0 Å². The van der Waals surface area contributed by atoms with Gasteiger partial charge in [0.1, 0.15) is 0 Å². The van der Waals surface area contributed by atoms with Gasteiger partial charge in [-0.15, -0.1) is 0 Å². The van der Waals surface area contributed by atoms with E-state index in [1.807, 2.05) is 11.8 Å². The molecular weight excluding hydrogens is 260 g/mol. The molecule has 0 aromatic heterocycles. The van der Waals surface area contributed by atoms with Crippen molar-refractivity contribution in [2.75, 3.05) is 39.5 Å². The number of amides is 1. The summed E-state index contributed by atoms with van der Waals surface area (Å²) < 4.78 is 10.2. The zero-order valence-electron chi connectivity index (χ0n) is 12.5. The number of nitrogens with zero attached hydrogens (tertiary/aromatic N) is 1. The molecule has 6 nitrogen and oxygen atoms in total. The molecule has 1 heterocycles. The molecule has 116 valence electrons. The second kappa shape index (κ2) is 9.72. The fourth-order valence-corrected chi connectivity index (χ4v) is 2.24. The highest BCUT2D eigenvalue weighted by atomic mass is 16.5. The van der Waals surface area contributed by atoms with E-state index in [2.05, 4.69) is 5.32 Å². The van der Waals surface area contributed by atoms with Crippen LogP contribution in [0, 0.1) is 0 Å². The predicted molar refractivity (Wildman–Crippen MR) is 75.3 cm³/mol. The van der Waals surface area contributed by atoms with Crippen molar-refractivity contribution in [1.82, 2.24) is 10.2 Å². The predicted octanol–water partition coefficient (Wildman–Crippen LogP) is 0.557. The van der Waals surface area contributed by atoms with Crippen molar-refractivity contribution in [2.45, 2.75) is 39.2 Å². The molecule has 1 rings (SSSR count). The minimum Gasteiger partial charge on any atom is -0.465 e. The minimum absolute atomic E-state index is 0.0327. The highest BCUT2D eigenvalue weighted by Crippen LogP contribution is 2.06. The van der Waals surface area contributed by atoms with Crippen LogP contribution in [0.3, 0.4) is 0 Å². The van der Waals surface area contributed by atoms with Crippen molar-refractivity contribution >= 4 is 11.9 Å². The van der Waals surface area contributed by atoms with Gasteiger partial charge in [0.15, 0.2) is 0 Å². The van der Waals surface area contributed by atoms with Crippen molar-refractivity contribution < 1.29 is 19.1 Å². The second-order valence-electron chi connectivity index (χ2n) is 4.97. The zero-order valence-corrected chi connectivity index (χ0v) is 12.5. The van der Waals surface area contributed by atoms with Gasteiger partial charge >= 0.3 is 5.97 Å². The molecule has 20 heavy (non-hydrogen) atoms. The van der Waals surface area contributed by atoms with E-state index >= 15 is 0 Å². The number of nitrogens with one attached hydrogen (secondary N) is 1. The van der Waals surface area contributed by atoms with Crippen LogP contribution in [0.15, 0.2) is 0 Å². The first kappa shape index (κ1) is 16.9. The molecule has 6 heteroatoms. The summed E-state index contributed by atoms with van der Waals surface area (Å²) in [7, 11) is 0. The number of carbonyl (C=O) groups is 2. The molecule has 1 fully saturated rings. The van der Waals surface area contributed by atoms with Gasteiger partial charge in [0.2, 0.25) is 5.91 Å². The number of rotatable bonds is 8. The lowest BCUT2D eigenvalue weighted by Gasteiger charge is -2.25. The maximum absolute atomic E-state index is 12.0. The molecule has 1 N–H and O–H groups in total. The summed E-state index contributed by atoms with van der Waals surface area (Å²) in [4.78, 5) is 25.3. The van der Waals surface area contributed by atoms with E-state index in [1.54, 1.807) is 6.92 Å². The standard InChI is InChI=1S/C14H26N2O4/c1-3-7-16(11-14(18)20-4-2)10-13(17)15-12-5-8-19-9-6-12/h12H,3-11H2,1-2H3,(H,15,17). The summed E-state index contributed by atoms with van der Waals surface area (Å²) in [6, 6.07) is 0.197. The molecule has 1 aliphatic heterocycles. The van der Waals surface area contributed by atoms with Crippen LogP contribution in [-0.4, -0.2) is 62.3 Å². The van der Waals surface area contributed by atoms with Crippen molar-refractivity contribution in [3.8, 4) is 0 Å². The van der Waals surface area contributed by atoms with Gasteiger partial charge in [-0.1, -0.05) is 6.92 Å². The van der Waals surface area contributed by atoms with Crippen LogP contribution >= 0.6 is 0 Å². The van der Waals surface area contributed by atoms with Gasteiger partial charge in [-0.2, -0.15) is 0 Å². The van der Waals surface area contributed by atoms with Crippen LogP contribution in [0.4, 0.5) is 0 Å². The first-order valence-electron chi connectivity index (χ1n) is 7.40. The van der Waals surface area contributed by atoms with Gasteiger partial charge in [-0.05, 0) is 32.7 Å². The maximum atomic E-state index is 12.0. The number of esters is 1. The first-order valence-corrected chi connectivity index (χ1v) is 7.40. The summed E-state index contributed by atoms with van der Waals surface area (Å²) in [5.41, 5.74) is 0. The van der Waals surface area contributed by atoms with Crippen LogP contribution in [0.1, 0.15) is 33.1 Å². The van der Waals surface area contributed by atoms with Gasteiger partial charge in [-0.25, -0.2) is 0 Å². The second-order valence-corrected chi connectivity index (χ2v) is 4.97. The monoisotopic (exact) mass is 286 g/mol. The van der Waals surface area contributed by atoms with E-state index in [4.69, 9.17) is 9.47 Å². The van der Waals surface area contributed by atoms with Gasteiger partial charge in [0, 0.05) is 19.3 Å². The quantitative estimate of drug-likeness (QED) is 0.660. The normalized spacial score (nSPS) is 16.1. The number of carbonyl (C=O) groups excluding carboxylic acids is 2. The lowest BCUT2D eigenvalue weighted by Crippen LogP contribution is -2.45. The Balaban J connectivity index is 2.34. The molecule has 0 atom stereocenters. The number of hydrogen-bond donors (Lipinski definition) is 1. The van der Waals surface area contributed by atoms with Crippen LogP contribution in [0.2, 0.25) is 0 Å². The summed E-state index contributed by atoms with van der Waals surface area (Å²) in [6.07, 6.45) is 2.61. The Bertz CT molecular complexity index is 304. The third kappa shape index (κ3) is 6.86. The van der Waals surface area contributed by atoms with Crippen molar-refractivity contribution in [2.24, 2.45) is 0 Å². The minimum atomic E-state index is -0.278. The Labute approximate surface area is 120 Å². The van der Waals surface area contributed by atoms with E-state index in [-0.39, 0.29) is 31.0 Å². The average Bonchev–Trinajstić information content (AvgIpc) is 2.40. The lowest BCUT2D eigenvalue weighted by atomic mass is 10.1. The summed E-state index contributed by atoms with van der Waals surface area (Å²) in [5.74, 6) is -0.311. The molecule has 1 saturated heterocycles. The Morgan fingerprint density at radius 1 is 1.25 bits per heavy atom.